The molecular weight excluding hydrogens is 350 g/mol. The Labute approximate surface area is 169 Å². The summed E-state index contributed by atoms with van der Waals surface area (Å²) >= 11 is 0. The quantitative estimate of drug-likeness (QED) is 0.708. The molecule has 0 saturated heterocycles. The molecule has 3 rings (SSSR count). The SMILES string of the molecule is NCCCN(Cc1ccc(NC(=O)C2CCCC2)cc1)C(=O)C1CCCCC1. The standard InChI is InChI=1S/C23H35N3O2/c24-15-6-16-26(23(28)20-9-2-1-3-10-20)17-18-11-13-21(14-12-18)25-22(27)19-7-4-5-8-19/h11-14,19-20H,1-10,15-17,24H2,(H,25,27). The molecule has 28 heavy (non-hydrogen) atoms. The van der Waals surface area contributed by atoms with Gasteiger partial charge in [-0.25, -0.2) is 0 Å². The molecule has 1 aromatic rings. The lowest BCUT2D eigenvalue weighted by Gasteiger charge is -2.29. The number of carbonyl (C=O) groups is 2. The smallest absolute Gasteiger partial charge is 0.227 e. The van der Waals surface area contributed by atoms with Crippen molar-refractivity contribution in [3.8, 4) is 0 Å². The fourth-order valence-electron chi connectivity index (χ4n) is 4.50. The molecule has 0 radical (unpaired) electrons. The normalized spacial score (nSPS) is 18.2. The number of hydrogen-bond acceptors (Lipinski definition) is 3. The summed E-state index contributed by atoms with van der Waals surface area (Å²) in [5.41, 5.74) is 7.63. The number of hydrogen-bond donors (Lipinski definition) is 2. The second kappa shape index (κ2) is 10.6. The summed E-state index contributed by atoms with van der Waals surface area (Å²) in [5, 5.41) is 3.04. The van der Waals surface area contributed by atoms with Gasteiger partial charge < -0.3 is 16.0 Å². The first-order valence-electron chi connectivity index (χ1n) is 11.1. The van der Waals surface area contributed by atoms with Gasteiger partial charge in [-0.3, -0.25) is 9.59 Å². The first kappa shape index (κ1) is 20.8. The van der Waals surface area contributed by atoms with E-state index in [0.29, 0.717) is 19.6 Å². The number of amides is 2. The average Bonchev–Trinajstić information content (AvgIpc) is 3.27. The summed E-state index contributed by atoms with van der Waals surface area (Å²) in [6.07, 6.45) is 10.8. The molecule has 5 heteroatoms. The van der Waals surface area contributed by atoms with Crippen molar-refractivity contribution in [2.24, 2.45) is 17.6 Å². The Balaban J connectivity index is 1.58. The van der Waals surface area contributed by atoms with Crippen LogP contribution in [0.25, 0.3) is 0 Å². The van der Waals surface area contributed by atoms with Gasteiger partial charge in [0, 0.05) is 30.6 Å². The zero-order valence-electron chi connectivity index (χ0n) is 17.0. The van der Waals surface area contributed by atoms with E-state index in [1.165, 1.54) is 6.42 Å². The van der Waals surface area contributed by atoms with E-state index in [9.17, 15) is 9.59 Å². The molecule has 0 bridgehead atoms. The topological polar surface area (TPSA) is 75.4 Å². The van der Waals surface area contributed by atoms with Crippen molar-refractivity contribution in [2.45, 2.75) is 70.8 Å². The third kappa shape index (κ3) is 5.81. The Morgan fingerprint density at radius 2 is 1.54 bits per heavy atom. The first-order chi connectivity index (χ1) is 13.7. The number of anilines is 1. The van der Waals surface area contributed by atoms with E-state index in [4.69, 9.17) is 5.73 Å². The van der Waals surface area contributed by atoms with Crippen LogP contribution < -0.4 is 11.1 Å². The molecule has 5 nitrogen and oxygen atoms in total. The highest BCUT2D eigenvalue weighted by molar-refractivity contribution is 5.92. The van der Waals surface area contributed by atoms with Crippen LogP contribution in [-0.4, -0.2) is 29.8 Å². The Morgan fingerprint density at radius 1 is 0.929 bits per heavy atom. The van der Waals surface area contributed by atoms with Gasteiger partial charge in [0.1, 0.15) is 0 Å². The summed E-state index contributed by atoms with van der Waals surface area (Å²) in [6, 6.07) is 7.95. The van der Waals surface area contributed by atoms with Gasteiger partial charge >= 0.3 is 0 Å². The minimum absolute atomic E-state index is 0.141. The number of nitrogens with two attached hydrogens (primary N) is 1. The lowest BCUT2D eigenvalue weighted by atomic mass is 9.88. The molecule has 2 fully saturated rings. The number of carbonyl (C=O) groups excluding carboxylic acids is 2. The lowest BCUT2D eigenvalue weighted by molar-refractivity contribution is -0.137. The first-order valence-corrected chi connectivity index (χ1v) is 11.1. The third-order valence-corrected chi connectivity index (χ3v) is 6.22. The van der Waals surface area contributed by atoms with Crippen molar-refractivity contribution in [2.75, 3.05) is 18.4 Å². The summed E-state index contributed by atoms with van der Waals surface area (Å²) in [7, 11) is 0. The van der Waals surface area contributed by atoms with Crippen LogP contribution in [-0.2, 0) is 16.1 Å². The van der Waals surface area contributed by atoms with Gasteiger partial charge in [-0.05, 0) is 56.3 Å². The Morgan fingerprint density at radius 3 is 2.18 bits per heavy atom. The van der Waals surface area contributed by atoms with Crippen molar-refractivity contribution in [1.29, 1.82) is 0 Å². The predicted molar refractivity (Wildman–Crippen MR) is 113 cm³/mol. The minimum atomic E-state index is 0.141. The number of nitrogens with zero attached hydrogens (tertiary/aromatic N) is 1. The zero-order valence-corrected chi connectivity index (χ0v) is 17.0. The fraction of sp³-hybridized carbons (Fsp3) is 0.652. The summed E-state index contributed by atoms with van der Waals surface area (Å²) in [4.78, 5) is 27.3. The summed E-state index contributed by atoms with van der Waals surface area (Å²) in [6.45, 7) is 1.93. The van der Waals surface area contributed by atoms with Crippen molar-refractivity contribution < 1.29 is 9.59 Å². The van der Waals surface area contributed by atoms with Crippen molar-refractivity contribution in [3.05, 3.63) is 29.8 Å². The summed E-state index contributed by atoms with van der Waals surface area (Å²) in [5.74, 6) is 0.769. The molecule has 3 N–H and O–H groups in total. The van der Waals surface area contributed by atoms with Gasteiger partial charge in [0.05, 0.1) is 0 Å². The number of benzene rings is 1. The van der Waals surface area contributed by atoms with Gasteiger partial charge in [0.2, 0.25) is 11.8 Å². The number of nitrogens with one attached hydrogen (secondary N) is 1. The largest absolute Gasteiger partial charge is 0.338 e. The Hall–Kier alpha value is -1.88. The molecule has 1 aromatic carbocycles. The molecule has 0 heterocycles. The monoisotopic (exact) mass is 385 g/mol. The maximum absolute atomic E-state index is 13.0. The van der Waals surface area contributed by atoms with E-state index in [1.807, 2.05) is 29.2 Å². The van der Waals surface area contributed by atoms with Crippen LogP contribution in [0.15, 0.2) is 24.3 Å². The molecule has 0 unspecified atom stereocenters. The van der Waals surface area contributed by atoms with Crippen LogP contribution in [0, 0.1) is 11.8 Å². The third-order valence-electron chi connectivity index (χ3n) is 6.22. The number of rotatable bonds is 8. The Bertz CT molecular complexity index is 632. The second-order valence-corrected chi connectivity index (χ2v) is 8.40. The second-order valence-electron chi connectivity index (χ2n) is 8.40. The molecule has 2 aliphatic rings. The van der Waals surface area contributed by atoms with Crippen LogP contribution >= 0.6 is 0 Å². The van der Waals surface area contributed by atoms with Crippen molar-refractivity contribution in [1.82, 2.24) is 4.90 Å². The van der Waals surface area contributed by atoms with Crippen molar-refractivity contribution >= 4 is 17.5 Å². The van der Waals surface area contributed by atoms with Gasteiger partial charge in [-0.15, -0.1) is 0 Å². The van der Waals surface area contributed by atoms with Crippen LogP contribution in [0.1, 0.15) is 69.8 Å². The maximum atomic E-state index is 13.0. The molecule has 2 amide bonds. The highest BCUT2D eigenvalue weighted by atomic mass is 16.2. The molecule has 2 aliphatic carbocycles. The van der Waals surface area contributed by atoms with Crippen molar-refractivity contribution in [3.63, 3.8) is 0 Å². The molecular formula is C23H35N3O2. The predicted octanol–water partition coefficient (Wildman–Crippen LogP) is 4.07. The maximum Gasteiger partial charge on any atom is 0.227 e. The summed E-state index contributed by atoms with van der Waals surface area (Å²) < 4.78 is 0. The molecule has 2 saturated carbocycles. The van der Waals surface area contributed by atoms with Gasteiger partial charge in [-0.2, -0.15) is 0 Å². The van der Waals surface area contributed by atoms with Crippen LogP contribution in [0.5, 0.6) is 0 Å². The Kier molecular flexibility index (Phi) is 7.90. The lowest BCUT2D eigenvalue weighted by Crippen LogP contribution is -2.37. The molecule has 0 spiro atoms. The molecule has 0 aliphatic heterocycles. The van der Waals surface area contributed by atoms with Gasteiger partial charge in [-0.1, -0.05) is 44.2 Å². The highest BCUT2D eigenvalue weighted by Gasteiger charge is 2.26. The van der Waals surface area contributed by atoms with Crippen LogP contribution in [0.3, 0.4) is 0 Å². The highest BCUT2D eigenvalue weighted by Crippen LogP contribution is 2.27. The van der Waals surface area contributed by atoms with E-state index in [0.717, 1.165) is 69.0 Å². The minimum Gasteiger partial charge on any atom is -0.338 e. The van der Waals surface area contributed by atoms with E-state index < -0.39 is 0 Å². The molecule has 154 valence electrons. The van der Waals surface area contributed by atoms with E-state index in [2.05, 4.69) is 5.32 Å². The average molecular weight is 386 g/mol. The van der Waals surface area contributed by atoms with Gasteiger partial charge in [0.15, 0.2) is 0 Å². The van der Waals surface area contributed by atoms with Gasteiger partial charge in [0.25, 0.3) is 0 Å². The molecule has 0 aromatic heterocycles. The molecule has 0 atom stereocenters. The fourth-order valence-corrected chi connectivity index (χ4v) is 4.50. The van der Waals surface area contributed by atoms with E-state index in [-0.39, 0.29) is 23.7 Å². The van der Waals surface area contributed by atoms with Crippen LogP contribution in [0.4, 0.5) is 5.69 Å². The van der Waals surface area contributed by atoms with E-state index in [1.54, 1.807) is 0 Å². The zero-order chi connectivity index (χ0) is 19.8. The van der Waals surface area contributed by atoms with Crippen LogP contribution in [0.2, 0.25) is 0 Å². The van der Waals surface area contributed by atoms with E-state index >= 15 is 0 Å².